The highest BCUT2D eigenvalue weighted by Crippen LogP contribution is 2.23. The van der Waals surface area contributed by atoms with Gasteiger partial charge in [0.2, 0.25) is 10.0 Å². The van der Waals surface area contributed by atoms with Crippen molar-refractivity contribution in [3.8, 4) is 0 Å². The third-order valence-electron chi connectivity index (χ3n) is 3.92. The minimum absolute atomic E-state index is 0.0447. The minimum Gasteiger partial charge on any atom is -0.261 e. The summed E-state index contributed by atoms with van der Waals surface area (Å²) in [6.45, 7) is 3.68. The quantitative estimate of drug-likeness (QED) is 0.693. The third-order valence-corrected chi connectivity index (χ3v) is 6.06. The summed E-state index contributed by atoms with van der Waals surface area (Å²) < 4.78 is 56.2. The Labute approximate surface area is 154 Å². The van der Waals surface area contributed by atoms with Crippen LogP contribution in [0.3, 0.4) is 0 Å². The number of halogens is 2. The first kappa shape index (κ1) is 18.7. The molecule has 1 N–H and O–H groups in total. The molecule has 1 aromatic carbocycles. The van der Waals surface area contributed by atoms with E-state index in [4.69, 9.17) is 0 Å². The van der Waals surface area contributed by atoms with Crippen LogP contribution in [0.2, 0.25) is 0 Å². The third kappa shape index (κ3) is 3.84. The molecule has 0 saturated heterocycles. The molecule has 0 saturated carbocycles. The largest absolute Gasteiger partial charge is 0.261 e. The van der Waals surface area contributed by atoms with E-state index in [0.717, 1.165) is 29.1 Å². The number of aromatic nitrogens is 2. The first-order valence-electron chi connectivity index (χ1n) is 7.77. The van der Waals surface area contributed by atoms with Gasteiger partial charge in [-0.25, -0.2) is 21.9 Å². The van der Waals surface area contributed by atoms with Gasteiger partial charge in [0.05, 0.1) is 11.7 Å². The van der Waals surface area contributed by atoms with Gasteiger partial charge in [-0.15, -0.1) is 0 Å². The van der Waals surface area contributed by atoms with Gasteiger partial charge in [-0.3, -0.25) is 4.68 Å². The highest BCUT2D eigenvalue weighted by molar-refractivity contribution is 7.89. The fourth-order valence-electron chi connectivity index (χ4n) is 2.72. The summed E-state index contributed by atoms with van der Waals surface area (Å²) in [7, 11) is -4.22. The van der Waals surface area contributed by atoms with Gasteiger partial charge in [-0.2, -0.15) is 16.4 Å². The van der Waals surface area contributed by atoms with Crippen LogP contribution < -0.4 is 4.72 Å². The maximum Gasteiger partial charge on any atom is 0.243 e. The zero-order valence-corrected chi connectivity index (χ0v) is 15.7. The van der Waals surface area contributed by atoms with E-state index in [1.54, 1.807) is 4.68 Å². The van der Waals surface area contributed by atoms with E-state index in [-0.39, 0.29) is 6.54 Å². The fourth-order valence-corrected chi connectivity index (χ4v) is 4.55. The molecule has 26 heavy (non-hydrogen) atoms. The molecule has 0 aliphatic heterocycles. The number of nitrogens with zero attached hydrogens (tertiary/aromatic N) is 2. The van der Waals surface area contributed by atoms with Gasteiger partial charge >= 0.3 is 0 Å². The van der Waals surface area contributed by atoms with E-state index in [1.165, 1.54) is 11.3 Å². The number of benzene rings is 1. The summed E-state index contributed by atoms with van der Waals surface area (Å²) in [5.74, 6) is -1.82. The smallest absolute Gasteiger partial charge is 0.243 e. The molecule has 3 aromatic rings. The van der Waals surface area contributed by atoms with Gasteiger partial charge in [0.25, 0.3) is 0 Å². The lowest BCUT2D eigenvalue weighted by Crippen LogP contribution is -2.32. The van der Waals surface area contributed by atoms with Gasteiger partial charge in [0.15, 0.2) is 0 Å². The molecule has 0 amide bonds. The molecule has 0 aliphatic rings. The van der Waals surface area contributed by atoms with Crippen LogP contribution in [0.4, 0.5) is 8.78 Å². The summed E-state index contributed by atoms with van der Waals surface area (Å²) in [6, 6.07) is 5.70. The van der Waals surface area contributed by atoms with E-state index in [0.29, 0.717) is 6.07 Å². The number of hydrogen-bond donors (Lipinski definition) is 1. The maximum absolute atomic E-state index is 13.9. The molecule has 0 spiro atoms. The van der Waals surface area contributed by atoms with Crippen LogP contribution in [-0.2, 0) is 10.0 Å². The van der Waals surface area contributed by atoms with E-state index < -0.39 is 32.6 Å². The predicted molar refractivity (Wildman–Crippen MR) is 95.7 cm³/mol. The van der Waals surface area contributed by atoms with Gasteiger partial charge in [-0.05, 0) is 60.5 Å². The molecular formula is C17H17F2N3O2S2. The Hall–Kier alpha value is -2.10. The van der Waals surface area contributed by atoms with Crippen LogP contribution in [0.15, 0.2) is 46.0 Å². The Morgan fingerprint density at radius 3 is 2.62 bits per heavy atom. The van der Waals surface area contributed by atoms with Crippen LogP contribution in [-0.4, -0.2) is 24.7 Å². The molecular weight excluding hydrogens is 380 g/mol. The lowest BCUT2D eigenvalue weighted by molar-refractivity contribution is 0.491. The Kier molecular flexibility index (Phi) is 5.22. The molecule has 138 valence electrons. The van der Waals surface area contributed by atoms with Crippen molar-refractivity contribution < 1.29 is 17.2 Å². The van der Waals surface area contributed by atoms with Crippen LogP contribution in [0.1, 0.15) is 23.0 Å². The lowest BCUT2D eigenvalue weighted by atomic mass is 10.1. The van der Waals surface area contributed by atoms with Gasteiger partial charge in [0.1, 0.15) is 16.5 Å². The zero-order chi connectivity index (χ0) is 18.9. The van der Waals surface area contributed by atoms with E-state index >= 15 is 0 Å². The predicted octanol–water partition coefficient (Wildman–Crippen LogP) is 3.41. The SMILES string of the molecule is Cc1cc(C)n(C(CNS(=O)(=O)c2cc(F)ccc2F)c2ccsc2)n1. The molecule has 1 atom stereocenters. The first-order chi connectivity index (χ1) is 12.3. The summed E-state index contributed by atoms with van der Waals surface area (Å²) in [5.41, 5.74) is 2.56. The lowest BCUT2D eigenvalue weighted by Gasteiger charge is -2.19. The average Bonchev–Trinajstić information content (AvgIpc) is 3.20. The Morgan fingerprint density at radius 1 is 1.23 bits per heavy atom. The summed E-state index contributed by atoms with van der Waals surface area (Å²) >= 11 is 1.48. The summed E-state index contributed by atoms with van der Waals surface area (Å²) in [5, 5.41) is 8.21. The highest BCUT2D eigenvalue weighted by Gasteiger charge is 2.24. The zero-order valence-electron chi connectivity index (χ0n) is 14.1. The molecule has 1 unspecified atom stereocenters. The first-order valence-corrected chi connectivity index (χ1v) is 10.2. The maximum atomic E-state index is 13.9. The van der Waals surface area contributed by atoms with Crippen LogP contribution >= 0.6 is 11.3 Å². The normalized spacial score (nSPS) is 13.1. The van der Waals surface area contributed by atoms with Crippen molar-refractivity contribution in [3.05, 3.63) is 69.7 Å². The van der Waals surface area contributed by atoms with Crippen molar-refractivity contribution in [1.29, 1.82) is 0 Å². The molecule has 2 heterocycles. The monoisotopic (exact) mass is 397 g/mol. The van der Waals surface area contributed by atoms with Crippen LogP contribution in [0.5, 0.6) is 0 Å². The highest BCUT2D eigenvalue weighted by atomic mass is 32.2. The fraction of sp³-hybridized carbons (Fsp3) is 0.235. The topological polar surface area (TPSA) is 64.0 Å². The second-order valence-corrected chi connectivity index (χ2v) is 8.39. The molecule has 2 aromatic heterocycles. The second-order valence-electron chi connectivity index (χ2n) is 5.87. The Balaban J connectivity index is 1.91. The molecule has 0 fully saturated rings. The van der Waals surface area contributed by atoms with Crippen molar-refractivity contribution in [1.82, 2.24) is 14.5 Å². The number of hydrogen-bond acceptors (Lipinski definition) is 4. The molecule has 9 heteroatoms. The Morgan fingerprint density at radius 2 is 2.00 bits per heavy atom. The van der Waals surface area contributed by atoms with Crippen LogP contribution in [0, 0.1) is 25.5 Å². The van der Waals surface area contributed by atoms with Crippen molar-refractivity contribution in [2.45, 2.75) is 24.8 Å². The van der Waals surface area contributed by atoms with Crippen molar-refractivity contribution in [2.75, 3.05) is 6.54 Å². The molecule has 3 rings (SSSR count). The van der Waals surface area contributed by atoms with E-state index in [9.17, 15) is 17.2 Å². The Bertz CT molecular complexity index is 1010. The van der Waals surface area contributed by atoms with Crippen molar-refractivity contribution in [2.24, 2.45) is 0 Å². The van der Waals surface area contributed by atoms with Gasteiger partial charge < -0.3 is 0 Å². The van der Waals surface area contributed by atoms with Crippen LogP contribution in [0.25, 0.3) is 0 Å². The number of sulfonamides is 1. The summed E-state index contributed by atoms with van der Waals surface area (Å²) in [6.07, 6.45) is 0. The molecule has 0 radical (unpaired) electrons. The van der Waals surface area contributed by atoms with Gasteiger partial charge in [-0.1, -0.05) is 0 Å². The molecule has 0 bridgehead atoms. The standard InChI is InChI=1S/C17H17F2N3O2S2/c1-11-7-12(2)22(21-11)16(13-5-6-25-10-13)9-20-26(23,24)17-8-14(18)3-4-15(17)19/h3-8,10,16,20H,9H2,1-2H3. The molecule has 0 aliphatic carbocycles. The number of aryl methyl sites for hydroxylation is 2. The van der Waals surface area contributed by atoms with Crippen molar-refractivity contribution in [3.63, 3.8) is 0 Å². The van der Waals surface area contributed by atoms with E-state index in [2.05, 4.69) is 9.82 Å². The second kappa shape index (κ2) is 7.26. The minimum atomic E-state index is -4.22. The van der Waals surface area contributed by atoms with Crippen molar-refractivity contribution >= 4 is 21.4 Å². The number of thiophene rings is 1. The summed E-state index contributed by atoms with van der Waals surface area (Å²) in [4.78, 5) is -0.713. The number of nitrogens with one attached hydrogen (secondary N) is 1. The van der Waals surface area contributed by atoms with E-state index in [1.807, 2.05) is 36.7 Å². The van der Waals surface area contributed by atoms with Gasteiger partial charge in [0, 0.05) is 12.2 Å². The number of rotatable bonds is 6. The average molecular weight is 397 g/mol. The molecule has 5 nitrogen and oxygen atoms in total.